The van der Waals surface area contributed by atoms with Crippen LogP contribution in [0.25, 0.3) is 0 Å². The number of carboxylic acid groups (broad SMARTS) is 2. The fourth-order valence-electron chi connectivity index (χ4n) is 3.71. The number of rotatable bonds is 9. The summed E-state index contributed by atoms with van der Waals surface area (Å²) in [6.45, 7) is 4.13. The highest BCUT2D eigenvalue weighted by atomic mass is 19.4. The third-order valence-corrected chi connectivity index (χ3v) is 5.56. The number of nitrogens with zero attached hydrogens (tertiary/aromatic N) is 2. The van der Waals surface area contributed by atoms with Gasteiger partial charge in [-0.3, -0.25) is 19.4 Å². The topological polar surface area (TPSA) is 141 Å². The van der Waals surface area contributed by atoms with E-state index in [0.29, 0.717) is 36.2 Å². The summed E-state index contributed by atoms with van der Waals surface area (Å²) in [5, 5.41) is 14.8. The van der Waals surface area contributed by atoms with E-state index in [1.165, 1.54) is 11.0 Å². The zero-order valence-electron chi connectivity index (χ0n) is 20.6. The lowest BCUT2D eigenvalue weighted by Gasteiger charge is -2.20. The predicted molar refractivity (Wildman–Crippen MR) is 133 cm³/mol. The molecule has 3 rings (SSSR count). The molecule has 1 heterocycles. The van der Waals surface area contributed by atoms with Gasteiger partial charge in [-0.15, -0.1) is 0 Å². The molecule has 0 spiro atoms. The van der Waals surface area contributed by atoms with Crippen LogP contribution in [0.2, 0.25) is 0 Å². The Bertz CT molecular complexity index is 1170. The number of alkyl halides is 3. The van der Waals surface area contributed by atoms with Gasteiger partial charge in [-0.1, -0.05) is 37.3 Å². The van der Waals surface area contributed by atoms with Crippen LogP contribution in [0.15, 0.2) is 54.6 Å². The maximum absolute atomic E-state index is 13.1. The van der Waals surface area contributed by atoms with Gasteiger partial charge < -0.3 is 15.9 Å². The van der Waals surface area contributed by atoms with Crippen molar-refractivity contribution in [3.8, 4) is 0 Å². The largest absolute Gasteiger partial charge is 0.473 e. The Morgan fingerprint density at radius 2 is 1.55 bits per heavy atom. The van der Waals surface area contributed by atoms with E-state index in [-0.39, 0.29) is 24.0 Å². The van der Waals surface area contributed by atoms with Crippen molar-refractivity contribution < 1.29 is 42.6 Å². The highest BCUT2D eigenvalue weighted by Crippen LogP contribution is 2.34. The number of imide groups is 1. The molecule has 204 valence electrons. The fourth-order valence-corrected chi connectivity index (χ4v) is 3.71. The van der Waals surface area contributed by atoms with Crippen molar-refractivity contribution in [2.45, 2.75) is 25.9 Å². The summed E-state index contributed by atoms with van der Waals surface area (Å²) in [7, 11) is 0. The minimum atomic E-state index is -4.48. The molecule has 4 N–H and O–H groups in total. The van der Waals surface area contributed by atoms with Gasteiger partial charge in [0.15, 0.2) is 0 Å². The Morgan fingerprint density at radius 3 is 2.05 bits per heavy atom. The summed E-state index contributed by atoms with van der Waals surface area (Å²) in [5.41, 5.74) is 5.79. The first-order valence-electron chi connectivity index (χ1n) is 11.6. The third kappa shape index (κ3) is 8.17. The quantitative estimate of drug-likeness (QED) is 0.192. The normalized spacial score (nSPS) is 13.0. The summed E-state index contributed by atoms with van der Waals surface area (Å²) < 4.78 is 39.2. The molecule has 12 heteroatoms. The van der Waals surface area contributed by atoms with E-state index < -0.39 is 23.7 Å². The molecular weight excluding hydrogens is 507 g/mol. The van der Waals surface area contributed by atoms with Crippen molar-refractivity contribution in [1.82, 2.24) is 9.80 Å². The molecule has 0 radical (unpaired) electrons. The van der Waals surface area contributed by atoms with Gasteiger partial charge in [-0.05, 0) is 49.2 Å². The van der Waals surface area contributed by atoms with Gasteiger partial charge >= 0.3 is 18.1 Å². The minimum Gasteiger partial charge on any atom is -0.473 e. The molecule has 38 heavy (non-hydrogen) atoms. The Balaban J connectivity index is 0.000000757. The standard InChI is InChI=1S/C24H26F3N3O2.C2H2O4/c1-2-12-29(15-11-17-9-10-21(28)20(16-17)24(25,26)27)13-5-6-14-30-22(31)18-7-3-4-8-19(18)23(30)32;3-1(4)2(5)6/h3-10,16H,2,11-15,28H2,1H3;(H,3,4)(H,5,6). The molecule has 2 aromatic rings. The van der Waals surface area contributed by atoms with E-state index in [2.05, 4.69) is 4.90 Å². The lowest BCUT2D eigenvalue weighted by Crippen LogP contribution is -2.30. The summed E-state index contributed by atoms with van der Waals surface area (Å²) >= 11 is 0. The number of nitrogen functional groups attached to an aromatic ring is 1. The van der Waals surface area contributed by atoms with Crippen molar-refractivity contribution >= 4 is 29.4 Å². The average Bonchev–Trinajstić information content (AvgIpc) is 3.10. The van der Waals surface area contributed by atoms with Crippen LogP contribution in [0.5, 0.6) is 0 Å². The smallest absolute Gasteiger partial charge is 0.418 e. The molecule has 1 aliphatic rings. The Hall–Kier alpha value is -4.19. The van der Waals surface area contributed by atoms with Crippen LogP contribution >= 0.6 is 0 Å². The number of halogens is 3. The summed E-state index contributed by atoms with van der Waals surface area (Å²) in [6, 6.07) is 10.8. The van der Waals surface area contributed by atoms with Crippen LogP contribution in [0.1, 0.15) is 45.2 Å². The van der Waals surface area contributed by atoms with E-state index >= 15 is 0 Å². The number of amides is 2. The van der Waals surface area contributed by atoms with Crippen LogP contribution in [-0.4, -0.2) is 69.9 Å². The van der Waals surface area contributed by atoms with Crippen LogP contribution in [-0.2, 0) is 22.2 Å². The maximum Gasteiger partial charge on any atom is 0.418 e. The number of fused-ring (bicyclic) bond motifs is 1. The van der Waals surface area contributed by atoms with Crippen molar-refractivity contribution in [3.05, 3.63) is 76.9 Å². The molecule has 0 saturated heterocycles. The zero-order chi connectivity index (χ0) is 28.5. The van der Waals surface area contributed by atoms with Crippen LogP contribution in [0.4, 0.5) is 18.9 Å². The third-order valence-electron chi connectivity index (χ3n) is 5.56. The Kier molecular flexibility index (Phi) is 10.6. The molecule has 0 fully saturated rings. The maximum atomic E-state index is 13.1. The first kappa shape index (κ1) is 30.0. The highest BCUT2D eigenvalue weighted by molar-refractivity contribution is 6.27. The van der Waals surface area contributed by atoms with Gasteiger partial charge in [-0.25, -0.2) is 9.59 Å². The van der Waals surface area contributed by atoms with Crippen LogP contribution in [0, 0.1) is 0 Å². The molecule has 0 aliphatic carbocycles. The predicted octanol–water partition coefficient (Wildman–Crippen LogP) is 3.55. The van der Waals surface area contributed by atoms with Gasteiger partial charge in [0, 0.05) is 25.3 Å². The van der Waals surface area contributed by atoms with E-state index in [1.54, 1.807) is 36.4 Å². The van der Waals surface area contributed by atoms with Gasteiger partial charge in [0.25, 0.3) is 11.8 Å². The number of aliphatic carboxylic acids is 2. The monoisotopic (exact) mass is 535 g/mol. The van der Waals surface area contributed by atoms with Gasteiger partial charge in [0.05, 0.1) is 16.7 Å². The molecule has 9 nitrogen and oxygen atoms in total. The number of benzene rings is 2. The van der Waals surface area contributed by atoms with Crippen molar-refractivity contribution in [3.63, 3.8) is 0 Å². The number of anilines is 1. The Labute approximate surface area is 216 Å². The first-order chi connectivity index (χ1) is 17.9. The van der Waals surface area contributed by atoms with Crippen LogP contribution < -0.4 is 5.73 Å². The second-order valence-electron chi connectivity index (χ2n) is 8.32. The lowest BCUT2D eigenvalue weighted by atomic mass is 10.1. The molecule has 0 aromatic heterocycles. The first-order valence-corrected chi connectivity index (χ1v) is 11.6. The highest BCUT2D eigenvalue weighted by Gasteiger charge is 2.34. The van der Waals surface area contributed by atoms with E-state index in [0.717, 1.165) is 19.0 Å². The molecule has 1 aliphatic heterocycles. The van der Waals surface area contributed by atoms with E-state index in [1.807, 2.05) is 13.0 Å². The van der Waals surface area contributed by atoms with Gasteiger partial charge in [0.1, 0.15) is 0 Å². The van der Waals surface area contributed by atoms with Crippen LogP contribution in [0.3, 0.4) is 0 Å². The number of carbonyl (C=O) groups excluding carboxylic acids is 2. The SMILES string of the molecule is CCCN(CC=CCN1C(=O)c2ccccc2C1=O)CCc1ccc(N)c(C(F)(F)F)c1.O=C(O)C(=O)O. The van der Waals surface area contributed by atoms with Gasteiger partial charge in [-0.2, -0.15) is 13.2 Å². The second kappa shape index (κ2) is 13.4. The second-order valence-corrected chi connectivity index (χ2v) is 8.32. The lowest BCUT2D eigenvalue weighted by molar-refractivity contribution is -0.159. The minimum absolute atomic E-state index is 0.180. The Morgan fingerprint density at radius 1 is 0.974 bits per heavy atom. The number of carbonyl (C=O) groups is 4. The van der Waals surface area contributed by atoms with Crippen molar-refractivity contribution in [2.24, 2.45) is 0 Å². The van der Waals surface area contributed by atoms with E-state index in [9.17, 15) is 22.8 Å². The number of hydrogen-bond donors (Lipinski definition) is 3. The zero-order valence-corrected chi connectivity index (χ0v) is 20.6. The summed E-state index contributed by atoms with van der Waals surface area (Å²) in [5.74, 6) is -4.25. The average molecular weight is 536 g/mol. The molecular formula is C26H28F3N3O6. The number of nitrogens with two attached hydrogens (primary N) is 1. The fraction of sp³-hybridized carbons (Fsp3) is 0.308. The van der Waals surface area contributed by atoms with Crippen molar-refractivity contribution in [1.29, 1.82) is 0 Å². The summed E-state index contributed by atoms with van der Waals surface area (Å²) in [4.78, 5) is 46.3. The van der Waals surface area contributed by atoms with Crippen molar-refractivity contribution in [2.75, 3.05) is 31.9 Å². The number of hydrogen-bond acceptors (Lipinski definition) is 6. The number of carboxylic acids is 2. The van der Waals surface area contributed by atoms with E-state index in [4.69, 9.17) is 25.5 Å². The molecule has 2 aromatic carbocycles. The summed E-state index contributed by atoms with van der Waals surface area (Å²) in [6.07, 6.45) is 0.520. The van der Waals surface area contributed by atoms with Gasteiger partial charge in [0.2, 0.25) is 0 Å². The molecule has 0 saturated carbocycles. The molecule has 2 amide bonds. The molecule has 0 atom stereocenters. The molecule has 0 unspecified atom stereocenters. The molecule has 0 bridgehead atoms.